The van der Waals surface area contributed by atoms with Crippen molar-refractivity contribution in [2.75, 3.05) is 7.11 Å². The second-order valence-corrected chi connectivity index (χ2v) is 5.17. The Morgan fingerprint density at radius 1 is 1.40 bits per heavy atom. The smallest absolute Gasteiger partial charge is 0.135 e. The van der Waals surface area contributed by atoms with Gasteiger partial charge in [0.15, 0.2) is 0 Å². The van der Waals surface area contributed by atoms with E-state index in [-0.39, 0.29) is 5.54 Å². The quantitative estimate of drug-likeness (QED) is 0.896. The van der Waals surface area contributed by atoms with E-state index in [4.69, 9.17) is 10.5 Å². The molecule has 15 heavy (non-hydrogen) atoms. The van der Waals surface area contributed by atoms with E-state index in [1.165, 1.54) is 12.0 Å². The fourth-order valence-corrected chi connectivity index (χ4v) is 2.84. The molecule has 0 unspecified atom stereocenters. The van der Waals surface area contributed by atoms with Crippen molar-refractivity contribution in [3.8, 4) is 5.75 Å². The molecule has 82 valence electrons. The lowest BCUT2D eigenvalue weighted by Gasteiger charge is -2.39. The summed E-state index contributed by atoms with van der Waals surface area (Å²) in [5.74, 6) is 0.904. The molecule has 0 amide bonds. The first-order chi connectivity index (χ1) is 7.07. The van der Waals surface area contributed by atoms with Crippen LogP contribution in [0, 0.1) is 6.92 Å². The van der Waals surface area contributed by atoms with Gasteiger partial charge in [-0.3, -0.25) is 0 Å². The summed E-state index contributed by atoms with van der Waals surface area (Å²) in [6.45, 7) is 2.05. The van der Waals surface area contributed by atoms with Gasteiger partial charge in [0.1, 0.15) is 5.75 Å². The molecule has 2 rings (SSSR count). The fraction of sp³-hybridized carbons (Fsp3) is 0.500. The third kappa shape index (κ3) is 1.79. The van der Waals surface area contributed by atoms with Crippen molar-refractivity contribution in [2.45, 2.75) is 31.7 Å². The monoisotopic (exact) mass is 269 g/mol. The summed E-state index contributed by atoms with van der Waals surface area (Å²) in [4.78, 5) is 0. The van der Waals surface area contributed by atoms with Crippen molar-refractivity contribution in [2.24, 2.45) is 5.73 Å². The number of halogens is 1. The highest BCUT2D eigenvalue weighted by atomic mass is 79.9. The van der Waals surface area contributed by atoms with Gasteiger partial charge >= 0.3 is 0 Å². The van der Waals surface area contributed by atoms with Gasteiger partial charge in [0.2, 0.25) is 0 Å². The predicted octanol–water partition coefficient (Wildman–Crippen LogP) is 3.10. The van der Waals surface area contributed by atoms with Crippen LogP contribution in [-0.2, 0) is 5.54 Å². The Morgan fingerprint density at radius 3 is 2.47 bits per heavy atom. The van der Waals surface area contributed by atoms with Crippen LogP contribution in [0.25, 0.3) is 0 Å². The van der Waals surface area contributed by atoms with Crippen molar-refractivity contribution in [1.29, 1.82) is 0 Å². The van der Waals surface area contributed by atoms with Gasteiger partial charge in [0.25, 0.3) is 0 Å². The maximum atomic E-state index is 6.29. The minimum atomic E-state index is -0.0977. The number of aryl methyl sites for hydroxylation is 1. The van der Waals surface area contributed by atoms with E-state index in [0.29, 0.717) is 0 Å². The normalized spacial score (nSPS) is 18.4. The highest BCUT2D eigenvalue weighted by Gasteiger charge is 2.34. The number of benzene rings is 1. The SMILES string of the molecule is COc1c(C)cc(C2(N)CCC2)cc1Br. The van der Waals surface area contributed by atoms with Crippen molar-refractivity contribution in [3.05, 3.63) is 27.7 Å². The van der Waals surface area contributed by atoms with Crippen LogP contribution in [0.3, 0.4) is 0 Å². The molecule has 1 aliphatic carbocycles. The highest BCUT2D eigenvalue weighted by molar-refractivity contribution is 9.10. The van der Waals surface area contributed by atoms with Gasteiger partial charge in [-0.15, -0.1) is 0 Å². The van der Waals surface area contributed by atoms with E-state index in [1.54, 1.807) is 7.11 Å². The van der Waals surface area contributed by atoms with Crippen LogP contribution >= 0.6 is 15.9 Å². The second kappa shape index (κ2) is 3.80. The number of hydrogen-bond acceptors (Lipinski definition) is 2. The van der Waals surface area contributed by atoms with Crippen molar-refractivity contribution >= 4 is 15.9 Å². The Morgan fingerprint density at radius 2 is 2.07 bits per heavy atom. The van der Waals surface area contributed by atoms with Crippen LogP contribution in [0.5, 0.6) is 5.75 Å². The lowest BCUT2D eigenvalue weighted by molar-refractivity contribution is 0.253. The average molecular weight is 270 g/mol. The molecule has 0 heterocycles. The Kier molecular flexibility index (Phi) is 2.77. The van der Waals surface area contributed by atoms with Gasteiger partial charge in [-0.25, -0.2) is 0 Å². The zero-order valence-corrected chi connectivity index (χ0v) is 10.7. The topological polar surface area (TPSA) is 35.2 Å². The van der Waals surface area contributed by atoms with Crippen LogP contribution in [-0.4, -0.2) is 7.11 Å². The molecule has 1 aliphatic rings. The first-order valence-electron chi connectivity index (χ1n) is 5.20. The summed E-state index contributed by atoms with van der Waals surface area (Å²) in [5.41, 5.74) is 8.55. The number of methoxy groups -OCH3 is 1. The molecule has 0 saturated heterocycles. The van der Waals surface area contributed by atoms with Crippen molar-refractivity contribution < 1.29 is 4.74 Å². The largest absolute Gasteiger partial charge is 0.495 e. The van der Waals surface area contributed by atoms with E-state index in [0.717, 1.165) is 28.6 Å². The molecule has 0 atom stereocenters. The molecule has 2 nitrogen and oxygen atoms in total. The molecular formula is C12H16BrNO. The number of nitrogens with two attached hydrogens (primary N) is 1. The Balaban J connectivity index is 2.43. The zero-order chi connectivity index (χ0) is 11.1. The highest BCUT2D eigenvalue weighted by Crippen LogP contribution is 2.42. The molecule has 0 aromatic heterocycles. The molecule has 0 aliphatic heterocycles. The lowest BCUT2D eigenvalue weighted by atomic mass is 9.72. The summed E-state index contributed by atoms with van der Waals surface area (Å²) >= 11 is 3.52. The average Bonchev–Trinajstić information content (AvgIpc) is 2.13. The molecule has 0 spiro atoms. The fourth-order valence-electron chi connectivity index (χ4n) is 2.12. The minimum Gasteiger partial charge on any atom is -0.495 e. The van der Waals surface area contributed by atoms with Crippen molar-refractivity contribution in [3.63, 3.8) is 0 Å². The van der Waals surface area contributed by atoms with Crippen LogP contribution < -0.4 is 10.5 Å². The van der Waals surface area contributed by atoms with Gasteiger partial charge in [-0.05, 0) is 59.3 Å². The number of hydrogen-bond donors (Lipinski definition) is 1. The first kappa shape index (κ1) is 11.0. The zero-order valence-electron chi connectivity index (χ0n) is 9.14. The third-order valence-corrected chi connectivity index (χ3v) is 3.84. The summed E-state index contributed by atoms with van der Waals surface area (Å²) < 4.78 is 6.30. The maximum Gasteiger partial charge on any atom is 0.135 e. The van der Waals surface area contributed by atoms with Crippen LogP contribution in [0.4, 0.5) is 0 Å². The molecule has 1 aromatic carbocycles. The molecule has 0 bridgehead atoms. The molecule has 1 fully saturated rings. The number of rotatable bonds is 2. The summed E-state index contributed by atoms with van der Waals surface area (Å²) in [6.07, 6.45) is 3.41. The van der Waals surface area contributed by atoms with Crippen LogP contribution in [0.1, 0.15) is 30.4 Å². The van der Waals surface area contributed by atoms with Gasteiger partial charge < -0.3 is 10.5 Å². The molecule has 0 radical (unpaired) electrons. The van der Waals surface area contributed by atoms with Crippen LogP contribution in [0.2, 0.25) is 0 Å². The first-order valence-corrected chi connectivity index (χ1v) is 5.99. The van der Waals surface area contributed by atoms with Gasteiger partial charge in [0.05, 0.1) is 11.6 Å². The molecule has 2 N–H and O–H groups in total. The van der Waals surface area contributed by atoms with Crippen molar-refractivity contribution in [1.82, 2.24) is 0 Å². The summed E-state index contributed by atoms with van der Waals surface area (Å²) in [7, 11) is 1.69. The van der Waals surface area contributed by atoms with Gasteiger partial charge in [-0.2, -0.15) is 0 Å². The molecule has 3 heteroatoms. The Hall–Kier alpha value is -0.540. The lowest BCUT2D eigenvalue weighted by Crippen LogP contribution is -2.43. The summed E-state index contributed by atoms with van der Waals surface area (Å²) in [6, 6.07) is 4.23. The Labute approximate surface area is 98.9 Å². The molecule has 1 aromatic rings. The Bertz CT molecular complexity index is 362. The second-order valence-electron chi connectivity index (χ2n) is 4.32. The van der Waals surface area contributed by atoms with Gasteiger partial charge in [0, 0.05) is 5.54 Å². The van der Waals surface area contributed by atoms with E-state index in [9.17, 15) is 0 Å². The molecular weight excluding hydrogens is 254 g/mol. The van der Waals surface area contributed by atoms with E-state index in [2.05, 4.69) is 35.0 Å². The van der Waals surface area contributed by atoms with E-state index in [1.807, 2.05) is 0 Å². The van der Waals surface area contributed by atoms with Gasteiger partial charge in [-0.1, -0.05) is 6.07 Å². The predicted molar refractivity (Wildman–Crippen MR) is 65.1 cm³/mol. The third-order valence-electron chi connectivity index (χ3n) is 3.25. The summed E-state index contributed by atoms with van der Waals surface area (Å²) in [5, 5.41) is 0. The molecule has 1 saturated carbocycles. The van der Waals surface area contributed by atoms with E-state index >= 15 is 0 Å². The van der Waals surface area contributed by atoms with Crippen LogP contribution in [0.15, 0.2) is 16.6 Å². The van der Waals surface area contributed by atoms with E-state index < -0.39 is 0 Å². The standard InChI is InChI=1S/C12H16BrNO/c1-8-6-9(12(14)4-3-5-12)7-10(13)11(8)15-2/h6-7H,3-5,14H2,1-2H3. The maximum absolute atomic E-state index is 6.29. The number of ether oxygens (including phenoxy) is 1. The minimum absolute atomic E-state index is 0.0977.